The average molecular weight is 184 g/mol. The summed E-state index contributed by atoms with van der Waals surface area (Å²) in [5, 5.41) is 11.4. The molecule has 0 aliphatic carbocycles. The molecule has 0 radical (unpaired) electrons. The van der Waals surface area contributed by atoms with Gasteiger partial charge >= 0.3 is 0 Å². The van der Waals surface area contributed by atoms with Crippen molar-refractivity contribution < 1.29 is 0 Å². The van der Waals surface area contributed by atoms with Crippen LogP contribution in [0.1, 0.15) is 20.0 Å². The lowest BCUT2D eigenvalue weighted by Crippen LogP contribution is -2.21. The van der Waals surface area contributed by atoms with E-state index in [0.29, 0.717) is 0 Å². The summed E-state index contributed by atoms with van der Waals surface area (Å²) in [7, 11) is 0. The van der Waals surface area contributed by atoms with Crippen LogP contribution in [0.2, 0.25) is 0 Å². The molecule has 0 fully saturated rings. The Labute approximate surface area is 73.5 Å². The van der Waals surface area contributed by atoms with E-state index in [4.69, 9.17) is 0 Å². The highest BCUT2D eigenvalue weighted by Crippen LogP contribution is 2.47. The van der Waals surface area contributed by atoms with Crippen LogP contribution in [0.4, 0.5) is 0 Å². The lowest BCUT2D eigenvalue weighted by molar-refractivity contribution is 0.426. The fourth-order valence-corrected chi connectivity index (χ4v) is 2.35. The summed E-state index contributed by atoms with van der Waals surface area (Å²) in [6, 6.07) is 0. The van der Waals surface area contributed by atoms with Crippen molar-refractivity contribution in [2.75, 3.05) is 0 Å². The Bertz CT molecular complexity index is 321. The predicted molar refractivity (Wildman–Crippen MR) is 44.8 cm³/mol. The SMILES string of the molecule is CC1(C)Sc2nncn2C1N=O. The number of rotatable bonds is 1. The predicted octanol–water partition coefficient (Wildman–Crippen LogP) is 1.43. The van der Waals surface area contributed by atoms with Gasteiger partial charge < -0.3 is 0 Å². The van der Waals surface area contributed by atoms with Crippen molar-refractivity contribution in [3.63, 3.8) is 0 Å². The fourth-order valence-electron chi connectivity index (χ4n) is 1.27. The minimum Gasteiger partial charge on any atom is -0.280 e. The molecule has 12 heavy (non-hydrogen) atoms. The summed E-state index contributed by atoms with van der Waals surface area (Å²) in [4.78, 5) is 10.5. The first-order chi connectivity index (χ1) is 5.65. The van der Waals surface area contributed by atoms with Crippen molar-refractivity contribution in [2.24, 2.45) is 5.18 Å². The highest BCUT2D eigenvalue weighted by Gasteiger charge is 2.42. The second-order valence-electron chi connectivity index (χ2n) is 3.21. The lowest BCUT2D eigenvalue weighted by Gasteiger charge is -2.18. The number of fused-ring (bicyclic) bond motifs is 1. The summed E-state index contributed by atoms with van der Waals surface area (Å²) in [5.41, 5.74) is 0. The van der Waals surface area contributed by atoms with Gasteiger partial charge in [0.2, 0.25) is 0 Å². The van der Waals surface area contributed by atoms with E-state index in [1.807, 2.05) is 13.8 Å². The number of aromatic nitrogens is 3. The quantitative estimate of drug-likeness (QED) is 0.619. The van der Waals surface area contributed by atoms with E-state index in [9.17, 15) is 4.91 Å². The molecule has 6 heteroatoms. The smallest absolute Gasteiger partial charge is 0.193 e. The number of thioether (sulfide) groups is 1. The molecule has 0 amide bonds. The number of nitroso groups, excluding NO2 is 1. The Morgan fingerprint density at radius 2 is 2.50 bits per heavy atom. The Morgan fingerprint density at radius 1 is 1.75 bits per heavy atom. The van der Waals surface area contributed by atoms with Gasteiger partial charge in [0.05, 0.1) is 4.75 Å². The molecule has 2 rings (SSSR count). The van der Waals surface area contributed by atoms with E-state index in [2.05, 4.69) is 15.4 Å². The molecule has 1 unspecified atom stereocenters. The highest BCUT2D eigenvalue weighted by atomic mass is 32.2. The van der Waals surface area contributed by atoms with Gasteiger partial charge in [-0.05, 0) is 19.0 Å². The molecule has 1 aromatic rings. The Hall–Kier alpha value is -0.910. The number of hydrogen-bond acceptors (Lipinski definition) is 5. The van der Waals surface area contributed by atoms with Crippen molar-refractivity contribution in [1.29, 1.82) is 0 Å². The van der Waals surface area contributed by atoms with Gasteiger partial charge in [0.1, 0.15) is 6.33 Å². The molecule has 1 atom stereocenters. The summed E-state index contributed by atoms with van der Waals surface area (Å²) in [6.07, 6.45) is 1.16. The van der Waals surface area contributed by atoms with Gasteiger partial charge in [-0.15, -0.1) is 15.1 Å². The first-order valence-electron chi connectivity index (χ1n) is 3.56. The molecule has 64 valence electrons. The van der Waals surface area contributed by atoms with Gasteiger partial charge in [0.15, 0.2) is 11.3 Å². The van der Waals surface area contributed by atoms with Gasteiger partial charge in [-0.3, -0.25) is 4.57 Å². The summed E-state index contributed by atoms with van der Waals surface area (Å²) >= 11 is 1.53. The third-order valence-electron chi connectivity index (χ3n) is 1.88. The van der Waals surface area contributed by atoms with Crippen LogP contribution in [0.5, 0.6) is 0 Å². The molecule has 0 N–H and O–H groups in total. The van der Waals surface area contributed by atoms with Gasteiger partial charge in [0, 0.05) is 0 Å². The number of hydrogen-bond donors (Lipinski definition) is 0. The van der Waals surface area contributed by atoms with Crippen LogP contribution in [-0.2, 0) is 0 Å². The van der Waals surface area contributed by atoms with Gasteiger partial charge in [-0.2, -0.15) is 0 Å². The Morgan fingerprint density at radius 3 is 3.17 bits per heavy atom. The van der Waals surface area contributed by atoms with Crippen LogP contribution >= 0.6 is 11.8 Å². The number of nitrogens with zero attached hydrogens (tertiary/aromatic N) is 4. The van der Waals surface area contributed by atoms with Crippen molar-refractivity contribution in [3.05, 3.63) is 11.2 Å². The summed E-state index contributed by atoms with van der Waals surface area (Å²) in [5.74, 6) is 0. The van der Waals surface area contributed by atoms with Crippen molar-refractivity contribution in [1.82, 2.24) is 14.8 Å². The summed E-state index contributed by atoms with van der Waals surface area (Å²) < 4.78 is 1.50. The van der Waals surface area contributed by atoms with E-state index in [0.717, 1.165) is 5.16 Å². The molecule has 1 aliphatic rings. The largest absolute Gasteiger partial charge is 0.280 e. The Kier molecular flexibility index (Phi) is 1.47. The van der Waals surface area contributed by atoms with Gasteiger partial charge in [0.25, 0.3) is 0 Å². The molecule has 0 aromatic carbocycles. The zero-order valence-electron chi connectivity index (χ0n) is 6.76. The highest BCUT2D eigenvalue weighted by molar-refractivity contribution is 8.00. The van der Waals surface area contributed by atoms with E-state index < -0.39 is 0 Å². The van der Waals surface area contributed by atoms with Crippen molar-refractivity contribution in [3.8, 4) is 0 Å². The maximum absolute atomic E-state index is 10.5. The average Bonchev–Trinajstić information content (AvgIpc) is 2.43. The first kappa shape index (κ1) is 7.72. The molecular weight excluding hydrogens is 176 g/mol. The summed E-state index contributed by atoms with van der Waals surface area (Å²) in [6.45, 7) is 3.94. The topological polar surface area (TPSA) is 60.1 Å². The molecular formula is C6H8N4OS. The molecule has 5 nitrogen and oxygen atoms in total. The lowest BCUT2D eigenvalue weighted by atomic mass is 10.1. The second-order valence-corrected chi connectivity index (χ2v) is 4.83. The van der Waals surface area contributed by atoms with Crippen LogP contribution in [0, 0.1) is 4.91 Å². The van der Waals surface area contributed by atoms with Crippen molar-refractivity contribution in [2.45, 2.75) is 29.9 Å². The molecule has 0 bridgehead atoms. The first-order valence-corrected chi connectivity index (χ1v) is 4.38. The minimum atomic E-state index is -0.382. The minimum absolute atomic E-state index is 0.201. The zero-order chi connectivity index (χ0) is 8.77. The third-order valence-corrected chi connectivity index (χ3v) is 3.09. The third kappa shape index (κ3) is 0.874. The normalized spacial score (nSPS) is 25.3. The second kappa shape index (κ2) is 2.29. The van der Waals surface area contributed by atoms with E-state index in [1.165, 1.54) is 11.8 Å². The van der Waals surface area contributed by atoms with Crippen LogP contribution in [0.15, 0.2) is 16.7 Å². The van der Waals surface area contributed by atoms with E-state index >= 15 is 0 Å². The van der Waals surface area contributed by atoms with Crippen molar-refractivity contribution >= 4 is 11.8 Å². The van der Waals surface area contributed by atoms with Crippen LogP contribution in [0.3, 0.4) is 0 Å². The fraction of sp³-hybridized carbons (Fsp3) is 0.667. The van der Waals surface area contributed by atoms with Crippen LogP contribution in [0.25, 0.3) is 0 Å². The monoisotopic (exact) mass is 184 g/mol. The molecule has 1 aromatic heterocycles. The molecule has 1 aliphatic heterocycles. The van der Waals surface area contributed by atoms with E-state index in [-0.39, 0.29) is 10.9 Å². The van der Waals surface area contributed by atoms with Gasteiger partial charge in [-0.1, -0.05) is 11.8 Å². The van der Waals surface area contributed by atoms with Crippen LogP contribution < -0.4 is 0 Å². The molecule has 0 spiro atoms. The Balaban J connectivity index is 2.48. The standard InChI is InChI=1S/C6H8N4OS/c1-6(2)4(9-11)10-3-7-8-5(10)12-6/h3-4H,1-2H3. The maximum Gasteiger partial charge on any atom is 0.193 e. The molecule has 0 saturated carbocycles. The molecule has 0 saturated heterocycles. The van der Waals surface area contributed by atoms with Crippen LogP contribution in [-0.4, -0.2) is 19.5 Å². The zero-order valence-corrected chi connectivity index (χ0v) is 7.58. The maximum atomic E-state index is 10.5. The molecule has 2 heterocycles. The van der Waals surface area contributed by atoms with E-state index in [1.54, 1.807) is 10.9 Å². The van der Waals surface area contributed by atoms with Gasteiger partial charge in [-0.25, -0.2) is 0 Å².